The van der Waals surface area contributed by atoms with Crippen LogP contribution in [-0.4, -0.2) is 17.0 Å². The molecule has 0 aliphatic carbocycles. The Morgan fingerprint density at radius 1 is 1.47 bits per heavy atom. The summed E-state index contributed by atoms with van der Waals surface area (Å²) in [5.41, 5.74) is 0.871. The molecule has 1 aromatic heterocycles. The molecule has 0 radical (unpaired) electrons. The number of para-hydroxylation sites is 1. The molecule has 0 bridgehead atoms. The van der Waals surface area contributed by atoms with Gasteiger partial charge in [-0.1, -0.05) is 18.2 Å². The minimum absolute atomic E-state index is 0.159. The molecule has 0 unspecified atom stereocenters. The molecular formula is C11H11N3O2S. The number of anilines is 1. The highest BCUT2D eigenvalue weighted by Crippen LogP contribution is 2.25. The molecule has 2 aromatic rings. The SMILES string of the molecule is CNc1ncc(Cc2ccccc2[N+](=O)[O-])s1. The Kier molecular flexibility index (Phi) is 3.34. The highest BCUT2D eigenvalue weighted by atomic mass is 32.1. The van der Waals surface area contributed by atoms with E-state index in [1.165, 1.54) is 17.4 Å². The highest BCUT2D eigenvalue weighted by Gasteiger charge is 2.13. The summed E-state index contributed by atoms with van der Waals surface area (Å²) in [6, 6.07) is 6.78. The molecule has 88 valence electrons. The van der Waals surface area contributed by atoms with Gasteiger partial charge in [0.1, 0.15) is 0 Å². The molecular weight excluding hydrogens is 238 g/mol. The zero-order valence-electron chi connectivity index (χ0n) is 9.21. The molecule has 0 aliphatic heterocycles. The van der Waals surface area contributed by atoms with Crippen LogP contribution in [0.2, 0.25) is 0 Å². The number of nitrogens with one attached hydrogen (secondary N) is 1. The molecule has 0 amide bonds. The number of thiazole rings is 1. The number of aromatic nitrogens is 1. The van der Waals surface area contributed by atoms with Gasteiger partial charge < -0.3 is 5.32 Å². The Morgan fingerprint density at radius 2 is 2.24 bits per heavy atom. The van der Waals surface area contributed by atoms with Crippen LogP contribution in [0.5, 0.6) is 0 Å². The summed E-state index contributed by atoms with van der Waals surface area (Å²) in [5.74, 6) is 0. The number of benzene rings is 1. The van der Waals surface area contributed by atoms with E-state index < -0.39 is 0 Å². The van der Waals surface area contributed by atoms with Crippen LogP contribution in [0, 0.1) is 10.1 Å². The third-order valence-electron chi connectivity index (χ3n) is 2.32. The Hall–Kier alpha value is -1.95. The first-order chi connectivity index (χ1) is 8.20. The van der Waals surface area contributed by atoms with Gasteiger partial charge in [0.15, 0.2) is 5.13 Å². The second kappa shape index (κ2) is 4.92. The number of nitrogens with zero attached hydrogens (tertiary/aromatic N) is 2. The smallest absolute Gasteiger partial charge is 0.272 e. The number of nitro groups is 1. The van der Waals surface area contributed by atoms with Crippen LogP contribution < -0.4 is 5.32 Å². The second-order valence-electron chi connectivity index (χ2n) is 3.44. The Morgan fingerprint density at radius 3 is 2.88 bits per heavy atom. The van der Waals surface area contributed by atoms with E-state index in [1.54, 1.807) is 25.4 Å². The van der Waals surface area contributed by atoms with E-state index >= 15 is 0 Å². The van der Waals surface area contributed by atoms with Gasteiger partial charge in [-0.25, -0.2) is 4.98 Å². The molecule has 5 nitrogen and oxygen atoms in total. The largest absolute Gasteiger partial charge is 0.365 e. The minimum Gasteiger partial charge on any atom is -0.365 e. The summed E-state index contributed by atoms with van der Waals surface area (Å²) in [5, 5.41) is 14.6. The van der Waals surface area contributed by atoms with Crippen LogP contribution >= 0.6 is 11.3 Å². The normalized spacial score (nSPS) is 10.2. The topological polar surface area (TPSA) is 68.1 Å². The van der Waals surface area contributed by atoms with Crippen molar-refractivity contribution < 1.29 is 4.92 Å². The van der Waals surface area contributed by atoms with E-state index in [2.05, 4.69) is 10.3 Å². The molecule has 6 heteroatoms. The van der Waals surface area contributed by atoms with Gasteiger partial charge in [0.05, 0.1) is 4.92 Å². The van der Waals surface area contributed by atoms with Crippen LogP contribution in [0.1, 0.15) is 10.4 Å². The van der Waals surface area contributed by atoms with Gasteiger partial charge in [-0.3, -0.25) is 10.1 Å². The highest BCUT2D eigenvalue weighted by molar-refractivity contribution is 7.15. The van der Waals surface area contributed by atoms with Crippen molar-refractivity contribution >= 4 is 22.2 Å². The molecule has 2 rings (SSSR count). The van der Waals surface area contributed by atoms with Gasteiger partial charge >= 0.3 is 0 Å². The van der Waals surface area contributed by atoms with Crippen molar-refractivity contribution in [3.63, 3.8) is 0 Å². The zero-order chi connectivity index (χ0) is 12.3. The Labute approximate surface area is 102 Å². The van der Waals surface area contributed by atoms with E-state index in [9.17, 15) is 10.1 Å². The van der Waals surface area contributed by atoms with E-state index in [-0.39, 0.29) is 10.6 Å². The summed E-state index contributed by atoms with van der Waals surface area (Å²) in [7, 11) is 1.80. The van der Waals surface area contributed by atoms with Gasteiger partial charge in [-0.2, -0.15) is 0 Å². The maximum absolute atomic E-state index is 10.9. The van der Waals surface area contributed by atoms with Crippen LogP contribution in [0.15, 0.2) is 30.5 Å². The average molecular weight is 249 g/mol. The fourth-order valence-electron chi connectivity index (χ4n) is 1.53. The van der Waals surface area contributed by atoms with Crippen LogP contribution in [0.4, 0.5) is 10.8 Å². The summed E-state index contributed by atoms with van der Waals surface area (Å²) in [4.78, 5) is 15.6. The minimum atomic E-state index is -0.352. The second-order valence-corrected chi connectivity index (χ2v) is 4.56. The molecule has 0 spiro atoms. The van der Waals surface area contributed by atoms with Crippen LogP contribution in [-0.2, 0) is 6.42 Å². The van der Waals surface area contributed by atoms with Gasteiger partial charge in [-0.15, -0.1) is 11.3 Å². The third-order valence-corrected chi connectivity index (χ3v) is 3.34. The summed E-state index contributed by atoms with van der Waals surface area (Å²) in [6.45, 7) is 0. The lowest BCUT2D eigenvalue weighted by Gasteiger charge is -1.99. The molecule has 0 saturated heterocycles. The molecule has 1 N–H and O–H groups in total. The monoisotopic (exact) mass is 249 g/mol. The summed E-state index contributed by atoms with van der Waals surface area (Å²) < 4.78 is 0. The van der Waals surface area contributed by atoms with Crippen molar-refractivity contribution in [2.24, 2.45) is 0 Å². The van der Waals surface area contributed by atoms with Gasteiger partial charge in [0, 0.05) is 36.2 Å². The van der Waals surface area contributed by atoms with Crippen molar-refractivity contribution in [1.29, 1.82) is 0 Å². The lowest BCUT2D eigenvalue weighted by molar-refractivity contribution is -0.385. The van der Waals surface area contributed by atoms with E-state index in [0.29, 0.717) is 12.0 Å². The Balaban J connectivity index is 2.26. The van der Waals surface area contributed by atoms with Crippen molar-refractivity contribution in [2.45, 2.75) is 6.42 Å². The third kappa shape index (κ3) is 2.59. The van der Waals surface area contributed by atoms with Crippen molar-refractivity contribution in [3.05, 3.63) is 51.0 Å². The average Bonchev–Trinajstić information content (AvgIpc) is 2.77. The number of hydrogen-bond acceptors (Lipinski definition) is 5. The fraction of sp³-hybridized carbons (Fsp3) is 0.182. The first-order valence-electron chi connectivity index (χ1n) is 5.05. The van der Waals surface area contributed by atoms with Crippen LogP contribution in [0.3, 0.4) is 0 Å². The fourth-order valence-corrected chi connectivity index (χ4v) is 2.32. The summed E-state index contributed by atoms with van der Waals surface area (Å²) >= 11 is 1.50. The predicted molar refractivity (Wildman–Crippen MR) is 67.6 cm³/mol. The number of nitro benzene ring substituents is 1. The molecule has 1 heterocycles. The maximum atomic E-state index is 10.9. The quantitative estimate of drug-likeness (QED) is 0.668. The first kappa shape index (κ1) is 11.5. The Bertz CT molecular complexity index is 539. The van der Waals surface area contributed by atoms with Gasteiger partial charge in [-0.05, 0) is 0 Å². The van der Waals surface area contributed by atoms with E-state index in [4.69, 9.17) is 0 Å². The van der Waals surface area contributed by atoms with Gasteiger partial charge in [0.2, 0.25) is 0 Å². The molecule has 1 aromatic carbocycles. The zero-order valence-corrected chi connectivity index (χ0v) is 10.0. The lowest BCUT2D eigenvalue weighted by atomic mass is 10.1. The molecule has 17 heavy (non-hydrogen) atoms. The van der Waals surface area contributed by atoms with E-state index in [0.717, 1.165) is 10.0 Å². The van der Waals surface area contributed by atoms with Crippen LogP contribution in [0.25, 0.3) is 0 Å². The lowest BCUT2D eigenvalue weighted by Crippen LogP contribution is -1.95. The molecule has 0 fully saturated rings. The standard InChI is InChI=1S/C11H11N3O2S/c1-12-11-13-7-9(17-11)6-8-4-2-3-5-10(8)14(15)16/h2-5,7H,6H2,1H3,(H,12,13). The first-order valence-corrected chi connectivity index (χ1v) is 5.87. The number of rotatable bonds is 4. The number of hydrogen-bond donors (Lipinski definition) is 1. The molecule has 0 aliphatic rings. The predicted octanol–water partition coefficient (Wildman–Crippen LogP) is 2.68. The molecule has 0 saturated carbocycles. The molecule has 0 atom stereocenters. The van der Waals surface area contributed by atoms with Crippen molar-refractivity contribution in [2.75, 3.05) is 12.4 Å². The summed E-state index contributed by atoms with van der Waals surface area (Å²) in [6.07, 6.45) is 2.28. The van der Waals surface area contributed by atoms with E-state index in [1.807, 2.05) is 6.07 Å². The van der Waals surface area contributed by atoms with Crippen molar-refractivity contribution in [1.82, 2.24) is 4.98 Å². The van der Waals surface area contributed by atoms with Gasteiger partial charge in [0.25, 0.3) is 5.69 Å². The van der Waals surface area contributed by atoms with Crippen molar-refractivity contribution in [3.8, 4) is 0 Å². The maximum Gasteiger partial charge on any atom is 0.272 e.